The zero-order valence-corrected chi connectivity index (χ0v) is 10.5. The van der Waals surface area contributed by atoms with E-state index in [1.807, 2.05) is 0 Å². The van der Waals surface area contributed by atoms with Gasteiger partial charge in [0.1, 0.15) is 5.70 Å². The summed E-state index contributed by atoms with van der Waals surface area (Å²) < 4.78 is 9.90. The minimum Gasteiger partial charge on any atom is -0.490 e. The number of likely N-dealkylation sites (N-methyl/N-ethyl adjacent to an activating group) is 1. The maximum atomic E-state index is 11.3. The molecule has 0 spiro atoms. The second kappa shape index (κ2) is 8.38. The standard InChI is InChI=1S/C12H19NO4/c1-5-16-12(15)11(13-4)7-6-8-17-10(3)9(2)14/h7,13H,3,5-6,8H2,1-2,4H3. The van der Waals surface area contributed by atoms with E-state index in [4.69, 9.17) is 9.47 Å². The number of esters is 1. The molecule has 0 saturated heterocycles. The zero-order chi connectivity index (χ0) is 13.3. The Labute approximate surface area is 101 Å². The van der Waals surface area contributed by atoms with Gasteiger partial charge in [0.2, 0.25) is 0 Å². The zero-order valence-electron chi connectivity index (χ0n) is 10.5. The van der Waals surface area contributed by atoms with Gasteiger partial charge < -0.3 is 14.8 Å². The Hall–Kier alpha value is -1.78. The van der Waals surface area contributed by atoms with Gasteiger partial charge >= 0.3 is 5.97 Å². The quantitative estimate of drug-likeness (QED) is 0.299. The molecule has 0 fully saturated rings. The van der Waals surface area contributed by atoms with Gasteiger partial charge in [0.05, 0.1) is 13.2 Å². The van der Waals surface area contributed by atoms with Gasteiger partial charge in [-0.2, -0.15) is 0 Å². The molecule has 0 unspecified atom stereocenters. The van der Waals surface area contributed by atoms with Crippen LogP contribution in [0.3, 0.4) is 0 Å². The van der Waals surface area contributed by atoms with Crippen LogP contribution in [0.4, 0.5) is 0 Å². The molecule has 5 heteroatoms. The van der Waals surface area contributed by atoms with Crippen molar-refractivity contribution in [2.75, 3.05) is 20.3 Å². The van der Waals surface area contributed by atoms with Gasteiger partial charge in [-0.15, -0.1) is 0 Å². The van der Waals surface area contributed by atoms with Crippen LogP contribution in [-0.4, -0.2) is 32.0 Å². The second-order valence-electron chi connectivity index (χ2n) is 3.20. The largest absolute Gasteiger partial charge is 0.490 e. The molecule has 0 bridgehead atoms. The summed E-state index contributed by atoms with van der Waals surface area (Å²) in [5.41, 5.74) is 0.379. The van der Waals surface area contributed by atoms with E-state index in [1.165, 1.54) is 6.92 Å². The highest BCUT2D eigenvalue weighted by Crippen LogP contribution is 2.00. The summed E-state index contributed by atoms with van der Waals surface area (Å²) in [5.74, 6) is -0.478. The van der Waals surface area contributed by atoms with E-state index < -0.39 is 5.97 Å². The Morgan fingerprint density at radius 3 is 2.47 bits per heavy atom. The summed E-state index contributed by atoms with van der Waals surface area (Å²) in [6.45, 7) is 7.21. The second-order valence-corrected chi connectivity index (χ2v) is 3.20. The third-order valence-corrected chi connectivity index (χ3v) is 1.90. The molecule has 17 heavy (non-hydrogen) atoms. The van der Waals surface area contributed by atoms with E-state index in [1.54, 1.807) is 20.0 Å². The molecule has 5 nitrogen and oxygen atoms in total. The summed E-state index contributed by atoms with van der Waals surface area (Å²) in [5, 5.41) is 2.74. The summed E-state index contributed by atoms with van der Waals surface area (Å²) in [6, 6.07) is 0. The van der Waals surface area contributed by atoms with Crippen LogP contribution in [0.25, 0.3) is 0 Å². The molecule has 0 atom stereocenters. The molecule has 1 N–H and O–H groups in total. The normalized spacial score (nSPS) is 10.6. The molecular formula is C12H19NO4. The maximum absolute atomic E-state index is 11.3. The van der Waals surface area contributed by atoms with Crippen LogP contribution in [0.5, 0.6) is 0 Å². The highest BCUT2D eigenvalue weighted by molar-refractivity contribution is 5.90. The first-order valence-electron chi connectivity index (χ1n) is 5.40. The van der Waals surface area contributed by atoms with E-state index >= 15 is 0 Å². The van der Waals surface area contributed by atoms with Crippen LogP contribution in [0.1, 0.15) is 20.3 Å². The number of allylic oxidation sites excluding steroid dienone is 1. The molecule has 0 aliphatic carbocycles. The number of carbonyl (C=O) groups excluding carboxylic acids is 2. The Balaban J connectivity index is 4.07. The van der Waals surface area contributed by atoms with Crippen LogP contribution < -0.4 is 5.32 Å². The van der Waals surface area contributed by atoms with Gasteiger partial charge in [-0.25, -0.2) is 4.79 Å². The number of carbonyl (C=O) groups is 2. The number of hydrogen-bond donors (Lipinski definition) is 1. The maximum Gasteiger partial charge on any atom is 0.354 e. The average molecular weight is 241 g/mol. The van der Waals surface area contributed by atoms with Crippen molar-refractivity contribution in [2.24, 2.45) is 0 Å². The van der Waals surface area contributed by atoms with Crippen molar-refractivity contribution in [1.29, 1.82) is 0 Å². The summed E-state index contributed by atoms with van der Waals surface area (Å²) >= 11 is 0. The average Bonchev–Trinajstić information content (AvgIpc) is 2.28. The molecule has 0 aliphatic rings. The van der Waals surface area contributed by atoms with Crippen LogP contribution in [0.15, 0.2) is 24.1 Å². The van der Waals surface area contributed by atoms with Gasteiger partial charge in [0, 0.05) is 20.4 Å². The molecule has 0 aliphatic heterocycles. The SMILES string of the molecule is C=C(OCCC=C(NC)C(=O)OCC)C(C)=O. The van der Waals surface area contributed by atoms with E-state index in [-0.39, 0.29) is 11.5 Å². The molecule has 0 aromatic heterocycles. The number of hydrogen-bond acceptors (Lipinski definition) is 5. The first-order chi connectivity index (χ1) is 8.02. The molecule has 0 rings (SSSR count). The molecule has 0 aromatic carbocycles. The van der Waals surface area contributed by atoms with Crippen molar-refractivity contribution in [3.8, 4) is 0 Å². The smallest absolute Gasteiger partial charge is 0.354 e. The lowest BCUT2D eigenvalue weighted by Crippen LogP contribution is -2.19. The molecule has 0 heterocycles. The Kier molecular flexibility index (Phi) is 7.50. The van der Waals surface area contributed by atoms with Crippen LogP contribution in [-0.2, 0) is 19.1 Å². The monoisotopic (exact) mass is 241 g/mol. The molecule has 96 valence electrons. The van der Waals surface area contributed by atoms with Crippen molar-refractivity contribution in [2.45, 2.75) is 20.3 Å². The van der Waals surface area contributed by atoms with E-state index in [2.05, 4.69) is 11.9 Å². The fourth-order valence-corrected chi connectivity index (χ4v) is 0.983. The minimum atomic E-state index is -0.402. The van der Waals surface area contributed by atoms with Crippen LogP contribution in [0.2, 0.25) is 0 Å². The topological polar surface area (TPSA) is 64.6 Å². The molecule has 0 aromatic rings. The number of ketones is 1. The van der Waals surface area contributed by atoms with Crippen molar-refractivity contribution in [3.63, 3.8) is 0 Å². The Morgan fingerprint density at radius 2 is 2.00 bits per heavy atom. The van der Waals surface area contributed by atoms with E-state index in [0.717, 1.165) is 0 Å². The van der Waals surface area contributed by atoms with Crippen molar-refractivity contribution < 1.29 is 19.1 Å². The predicted octanol–water partition coefficient (Wildman–Crippen LogP) is 1.16. The van der Waals surface area contributed by atoms with Gasteiger partial charge in [-0.05, 0) is 6.92 Å². The van der Waals surface area contributed by atoms with Crippen molar-refractivity contribution >= 4 is 11.8 Å². The highest BCUT2D eigenvalue weighted by atomic mass is 16.5. The van der Waals surface area contributed by atoms with Crippen LogP contribution >= 0.6 is 0 Å². The molecule has 0 radical (unpaired) electrons. The summed E-state index contributed by atoms with van der Waals surface area (Å²) in [7, 11) is 1.64. The number of ether oxygens (including phenoxy) is 2. The molecule has 0 saturated carbocycles. The van der Waals surface area contributed by atoms with Crippen LogP contribution in [0, 0.1) is 0 Å². The lowest BCUT2D eigenvalue weighted by molar-refractivity contribution is -0.138. The fraction of sp³-hybridized carbons (Fsp3) is 0.500. The van der Waals surface area contributed by atoms with E-state index in [0.29, 0.717) is 25.3 Å². The van der Waals surface area contributed by atoms with Gasteiger partial charge in [-0.1, -0.05) is 12.7 Å². The van der Waals surface area contributed by atoms with Crippen molar-refractivity contribution in [3.05, 3.63) is 24.1 Å². The Bertz CT molecular complexity index is 320. The molecule has 0 amide bonds. The molecular weight excluding hydrogens is 222 g/mol. The van der Waals surface area contributed by atoms with E-state index in [9.17, 15) is 9.59 Å². The first-order valence-corrected chi connectivity index (χ1v) is 5.40. The predicted molar refractivity (Wildman–Crippen MR) is 64.2 cm³/mol. The number of Topliss-reactive ketones (excluding diaryl/α,β-unsaturated/α-hetero) is 1. The fourth-order valence-electron chi connectivity index (χ4n) is 0.983. The summed E-state index contributed by atoms with van der Waals surface area (Å²) in [4.78, 5) is 22.1. The minimum absolute atomic E-state index is 0.126. The lowest BCUT2D eigenvalue weighted by atomic mass is 10.3. The third kappa shape index (κ3) is 6.40. The third-order valence-electron chi connectivity index (χ3n) is 1.90. The van der Waals surface area contributed by atoms with Crippen molar-refractivity contribution in [1.82, 2.24) is 5.32 Å². The highest BCUT2D eigenvalue weighted by Gasteiger charge is 2.07. The first kappa shape index (κ1) is 15.2. The Morgan fingerprint density at radius 1 is 1.35 bits per heavy atom. The number of nitrogens with one attached hydrogen (secondary N) is 1. The van der Waals surface area contributed by atoms with Gasteiger partial charge in [0.15, 0.2) is 11.5 Å². The summed E-state index contributed by atoms with van der Waals surface area (Å²) in [6.07, 6.45) is 2.15. The van der Waals surface area contributed by atoms with Gasteiger partial charge in [0.25, 0.3) is 0 Å². The number of rotatable bonds is 8. The van der Waals surface area contributed by atoms with Gasteiger partial charge in [-0.3, -0.25) is 4.79 Å². The lowest BCUT2D eigenvalue weighted by Gasteiger charge is -2.07.